The number of nitrogens with zero attached hydrogens (tertiary/aromatic N) is 4. The van der Waals surface area contributed by atoms with Gasteiger partial charge in [0, 0.05) is 23.7 Å². The fourth-order valence-corrected chi connectivity index (χ4v) is 3.42. The van der Waals surface area contributed by atoms with Crippen molar-refractivity contribution in [3.05, 3.63) is 84.6 Å². The highest BCUT2D eigenvalue weighted by molar-refractivity contribution is 7.98. The third kappa shape index (κ3) is 3.64. The largest absolute Gasteiger partial charge is 0.467 e. The van der Waals surface area contributed by atoms with Gasteiger partial charge in [0.05, 0.1) is 12.8 Å². The standard InChI is InChI=1S/C19H16N4OS/c1-2-6-15(7-3-1)14-25-19-22-21-18(16-8-4-10-20-12-16)23(19)13-17-9-5-11-24-17/h1-12H,13-14H2. The Morgan fingerprint density at radius 1 is 0.960 bits per heavy atom. The second-order valence-corrected chi connectivity index (χ2v) is 6.43. The third-order valence-electron chi connectivity index (χ3n) is 3.74. The molecule has 4 rings (SSSR count). The first-order valence-corrected chi connectivity index (χ1v) is 8.91. The lowest BCUT2D eigenvalue weighted by molar-refractivity contribution is 0.485. The Morgan fingerprint density at radius 3 is 2.64 bits per heavy atom. The lowest BCUT2D eigenvalue weighted by Crippen LogP contribution is -2.03. The molecule has 0 N–H and O–H groups in total. The van der Waals surface area contributed by atoms with Crippen LogP contribution in [0.1, 0.15) is 11.3 Å². The van der Waals surface area contributed by atoms with Crippen LogP contribution in [0, 0.1) is 0 Å². The Labute approximate surface area is 149 Å². The summed E-state index contributed by atoms with van der Waals surface area (Å²) >= 11 is 1.66. The molecule has 0 spiro atoms. The molecular weight excluding hydrogens is 332 g/mol. The maximum Gasteiger partial charge on any atom is 0.192 e. The van der Waals surface area contributed by atoms with Crippen LogP contribution in [-0.2, 0) is 12.3 Å². The maximum atomic E-state index is 5.51. The summed E-state index contributed by atoms with van der Waals surface area (Å²) in [5.74, 6) is 2.50. The number of benzene rings is 1. The minimum atomic E-state index is 0.585. The molecule has 0 bridgehead atoms. The summed E-state index contributed by atoms with van der Waals surface area (Å²) in [6, 6.07) is 18.1. The molecule has 1 aromatic carbocycles. The smallest absolute Gasteiger partial charge is 0.192 e. The second kappa shape index (κ2) is 7.36. The van der Waals surface area contributed by atoms with E-state index in [2.05, 4.69) is 31.9 Å². The molecule has 0 unspecified atom stereocenters. The van der Waals surface area contributed by atoms with Crippen LogP contribution in [0.4, 0.5) is 0 Å². The van der Waals surface area contributed by atoms with E-state index in [1.54, 1.807) is 30.4 Å². The zero-order valence-electron chi connectivity index (χ0n) is 13.4. The highest BCUT2D eigenvalue weighted by Gasteiger charge is 2.16. The average molecular weight is 348 g/mol. The van der Waals surface area contributed by atoms with Crippen molar-refractivity contribution in [1.29, 1.82) is 0 Å². The highest BCUT2D eigenvalue weighted by Crippen LogP contribution is 2.27. The molecular formula is C19H16N4OS. The van der Waals surface area contributed by atoms with Gasteiger partial charge in [-0.15, -0.1) is 10.2 Å². The molecule has 0 aliphatic rings. The van der Waals surface area contributed by atoms with Crippen LogP contribution in [0.5, 0.6) is 0 Å². The van der Waals surface area contributed by atoms with Crippen molar-refractivity contribution in [2.75, 3.05) is 0 Å². The molecule has 6 heteroatoms. The predicted octanol–water partition coefficient (Wildman–Crippen LogP) is 4.27. The van der Waals surface area contributed by atoms with Crippen LogP contribution in [0.25, 0.3) is 11.4 Å². The molecule has 3 aromatic heterocycles. The minimum Gasteiger partial charge on any atom is -0.467 e. The van der Waals surface area contributed by atoms with Crippen molar-refractivity contribution >= 4 is 11.8 Å². The van der Waals surface area contributed by atoms with Crippen molar-refractivity contribution in [1.82, 2.24) is 19.7 Å². The number of aromatic nitrogens is 4. The Morgan fingerprint density at radius 2 is 1.88 bits per heavy atom. The van der Waals surface area contributed by atoms with E-state index in [-0.39, 0.29) is 0 Å². The van der Waals surface area contributed by atoms with E-state index in [0.717, 1.165) is 28.1 Å². The van der Waals surface area contributed by atoms with Crippen LogP contribution >= 0.6 is 11.8 Å². The van der Waals surface area contributed by atoms with Gasteiger partial charge < -0.3 is 4.42 Å². The zero-order chi connectivity index (χ0) is 16.9. The van der Waals surface area contributed by atoms with Crippen molar-refractivity contribution in [3.8, 4) is 11.4 Å². The van der Waals surface area contributed by atoms with Gasteiger partial charge in [-0.2, -0.15) is 0 Å². The first-order valence-electron chi connectivity index (χ1n) is 7.93. The molecule has 4 aromatic rings. The zero-order valence-corrected chi connectivity index (χ0v) is 14.3. The Hall–Kier alpha value is -2.86. The molecule has 5 nitrogen and oxygen atoms in total. The molecule has 0 atom stereocenters. The number of rotatable bonds is 6. The molecule has 3 heterocycles. The van der Waals surface area contributed by atoms with Gasteiger partial charge in [-0.1, -0.05) is 42.1 Å². The molecule has 0 aliphatic heterocycles. The quantitative estimate of drug-likeness (QED) is 0.487. The molecule has 0 saturated heterocycles. The lowest BCUT2D eigenvalue weighted by Gasteiger charge is -2.08. The van der Waals surface area contributed by atoms with Gasteiger partial charge in [0.25, 0.3) is 0 Å². The minimum absolute atomic E-state index is 0.585. The number of hydrogen-bond acceptors (Lipinski definition) is 5. The van der Waals surface area contributed by atoms with Gasteiger partial charge in [0.2, 0.25) is 0 Å². The van der Waals surface area contributed by atoms with E-state index >= 15 is 0 Å². The van der Waals surface area contributed by atoms with Crippen LogP contribution < -0.4 is 0 Å². The molecule has 0 amide bonds. The SMILES string of the molecule is c1ccc(CSc2nnc(-c3cccnc3)n2Cc2ccco2)cc1. The summed E-state index contributed by atoms with van der Waals surface area (Å²) in [5, 5.41) is 9.64. The number of pyridine rings is 1. The van der Waals surface area contributed by atoms with E-state index in [0.29, 0.717) is 6.54 Å². The Kier molecular flexibility index (Phi) is 4.61. The van der Waals surface area contributed by atoms with E-state index in [1.807, 2.05) is 42.5 Å². The van der Waals surface area contributed by atoms with Crippen LogP contribution in [0.3, 0.4) is 0 Å². The highest BCUT2D eigenvalue weighted by atomic mass is 32.2. The molecule has 0 aliphatic carbocycles. The van der Waals surface area contributed by atoms with Crippen molar-refractivity contribution < 1.29 is 4.42 Å². The average Bonchev–Trinajstić information content (AvgIpc) is 3.32. The van der Waals surface area contributed by atoms with Crippen molar-refractivity contribution in [3.63, 3.8) is 0 Å². The summed E-state index contributed by atoms with van der Waals surface area (Å²) in [7, 11) is 0. The summed E-state index contributed by atoms with van der Waals surface area (Å²) in [4.78, 5) is 4.19. The lowest BCUT2D eigenvalue weighted by atomic mass is 10.2. The van der Waals surface area contributed by atoms with Crippen LogP contribution in [0.15, 0.2) is 82.8 Å². The third-order valence-corrected chi connectivity index (χ3v) is 4.78. The summed E-state index contributed by atoms with van der Waals surface area (Å²) < 4.78 is 7.59. The van der Waals surface area contributed by atoms with Gasteiger partial charge in [-0.3, -0.25) is 9.55 Å². The maximum absolute atomic E-state index is 5.51. The summed E-state index contributed by atoms with van der Waals surface area (Å²) in [6.07, 6.45) is 5.23. The van der Waals surface area contributed by atoms with Crippen LogP contribution in [-0.4, -0.2) is 19.7 Å². The fraction of sp³-hybridized carbons (Fsp3) is 0.105. The topological polar surface area (TPSA) is 56.7 Å². The second-order valence-electron chi connectivity index (χ2n) is 5.49. The molecule has 0 radical (unpaired) electrons. The number of hydrogen-bond donors (Lipinski definition) is 0. The van der Waals surface area contributed by atoms with E-state index in [4.69, 9.17) is 4.42 Å². The number of furan rings is 1. The summed E-state index contributed by atoms with van der Waals surface area (Å²) in [6.45, 7) is 0.585. The van der Waals surface area contributed by atoms with Gasteiger partial charge >= 0.3 is 0 Å². The Balaban J connectivity index is 1.65. The molecule has 25 heavy (non-hydrogen) atoms. The van der Waals surface area contributed by atoms with E-state index in [1.165, 1.54) is 5.56 Å². The van der Waals surface area contributed by atoms with Crippen molar-refractivity contribution in [2.45, 2.75) is 17.5 Å². The van der Waals surface area contributed by atoms with Gasteiger partial charge in [0.1, 0.15) is 5.76 Å². The first-order chi connectivity index (χ1) is 12.4. The monoisotopic (exact) mass is 348 g/mol. The van der Waals surface area contributed by atoms with Gasteiger partial charge in [-0.05, 0) is 29.8 Å². The van der Waals surface area contributed by atoms with Gasteiger partial charge in [0.15, 0.2) is 11.0 Å². The Bertz CT molecular complexity index is 921. The first kappa shape index (κ1) is 15.7. The predicted molar refractivity (Wildman–Crippen MR) is 97.1 cm³/mol. The molecule has 124 valence electrons. The molecule has 0 saturated carbocycles. The number of thioether (sulfide) groups is 1. The fourth-order valence-electron chi connectivity index (χ4n) is 2.53. The normalized spacial score (nSPS) is 10.9. The van der Waals surface area contributed by atoms with Crippen molar-refractivity contribution in [2.24, 2.45) is 0 Å². The van der Waals surface area contributed by atoms with E-state index < -0.39 is 0 Å². The molecule has 0 fully saturated rings. The van der Waals surface area contributed by atoms with Crippen LogP contribution in [0.2, 0.25) is 0 Å². The van der Waals surface area contributed by atoms with Gasteiger partial charge in [-0.25, -0.2) is 0 Å². The summed E-state index contributed by atoms with van der Waals surface area (Å²) in [5.41, 5.74) is 2.19. The van der Waals surface area contributed by atoms with E-state index in [9.17, 15) is 0 Å².